The minimum Gasteiger partial charge on any atom is -0.0596 e. The molecule has 0 nitrogen and oxygen atoms in total. The molecule has 9 heavy (non-hydrogen) atoms. The number of hydrogen-bond donors (Lipinski definition) is 0. The first-order valence-corrected chi connectivity index (χ1v) is 3.91. The van der Waals surface area contributed by atoms with Crippen molar-refractivity contribution in [1.82, 2.24) is 0 Å². The summed E-state index contributed by atoms with van der Waals surface area (Å²) in [4.78, 5) is 0. The average Bonchev–Trinajstić information content (AvgIpc) is 1.78. The third-order valence-electron chi connectivity index (χ3n) is 2.46. The highest BCUT2D eigenvalue weighted by atomic mass is 14.3. The Bertz CT molecular complexity index is 82.2. The average molecular weight is 125 g/mol. The lowest BCUT2D eigenvalue weighted by atomic mass is 9.74. The molecule has 0 saturated heterocycles. The van der Waals surface area contributed by atoms with E-state index >= 15 is 0 Å². The second-order valence-corrected chi connectivity index (χ2v) is 4.12. The lowest BCUT2D eigenvalue weighted by molar-refractivity contribution is 0.260. The monoisotopic (exact) mass is 125 g/mol. The molecule has 0 aliphatic heterocycles. The molecule has 0 radical (unpaired) electrons. The summed E-state index contributed by atoms with van der Waals surface area (Å²) in [6.07, 6.45) is 5.54. The molecule has 0 amide bonds. The molecule has 1 saturated carbocycles. The fourth-order valence-electron chi connectivity index (χ4n) is 1.35. The van der Waals surface area contributed by atoms with E-state index in [2.05, 4.69) is 20.8 Å². The van der Waals surface area contributed by atoms with Crippen molar-refractivity contribution in [3.8, 4) is 0 Å². The third kappa shape index (κ3) is 1.92. The Hall–Kier alpha value is -0.130. The SMILES string of the molecule is C[C+]1CCC(C)(C)CC1. The lowest BCUT2D eigenvalue weighted by Crippen LogP contribution is -2.18. The van der Waals surface area contributed by atoms with Crippen molar-refractivity contribution in [2.24, 2.45) is 5.41 Å². The summed E-state index contributed by atoms with van der Waals surface area (Å²) >= 11 is 0. The lowest BCUT2D eigenvalue weighted by Gasteiger charge is -2.26. The molecule has 0 N–H and O–H groups in total. The number of hydrogen-bond acceptors (Lipinski definition) is 0. The van der Waals surface area contributed by atoms with Crippen LogP contribution in [0, 0.1) is 11.3 Å². The van der Waals surface area contributed by atoms with Gasteiger partial charge in [-0.05, 0) is 18.3 Å². The van der Waals surface area contributed by atoms with Gasteiger partial charge in [-0.1, -0.05) is 13.8 Å². The summed E-state index contributed by atoms with van der Waals surface area (Å²) in [5, 5.41) is 0. The van der Waals surface area contributed by atoms with Gasteiger partial charge in [0.1, 0.15) is 0 Å². The van der Waals surface area contributed by atoms with Gasteiger partial charge in [0.05, 0.1) is 25.7 Å². The molecule has 0 bridgehead atoms. The molecule has 0 aromatic heterocycles. The van der Waals surface area contributed by atoms with Crippen molar-refractivity contribution >= 4 is 0 Å². The van der Waals surface area contributed by atoms with E-state index < -0.39 is 0 Å². The van der Waals surface area contributed by atoms with E-state index in [1.165, 1.54) is 25.7 Å². The second kappa shape index (κ2) is 2.24. The van der Waals surface area contributed by atoms with Gasteiger partial charge in [0.15, 0.2) is 0 Å². The minimum atomic E-state index is 0.638. The van der Waals surface area contributed by atoms with Crippen LogP contribution < -0.4 is 0 Å². The summed E-state index contributed by atoms with van der Waals surface area (Å²) in [5.41, 5.74) is 0.638. The summed E-state index contributed by atoms with van der Waals surface area (Å²) in [5.74, 6) is 1.70. The molecule has 0 atom stereocenters. The molecule has 0 spiro atoms. The van der Waals surface area contributed by atoms with E-state index in [9.17, 15) is 0 Å². The van der Waals surface area contributed by atoms with Crippen LogP contribution in [0.1, 0.15) is 46.5 Å². The molecular formula is C9H17+. The summed E-state index contributed by atoms with van der Waals surface area (Å²) in [6.45, 7) is 7.04. The first kappa shape index (κ1) is 6.98. The molecule has 1 rings (SSSR count). The molecular weight excluding hydrogens is 108 g/mol. The van der Waals surface area contributed by atoms with E-state index in [1.807, 2.05) is 0 Å². The highest BCUT2D eigenvalue weighted by Gasteiger charge is 2.30. The molecule has 1 aliphatic carbocycles. The van der Waals surface area contributed by atoms with Crippen LogP contribution >= 0.6 is 0 Å². The summed E-state index contributed by atoms with van der Waals surface area (Å²) < 4.78 is 0. The summed E-state index contributed by atoms with van der Waals surface area (Å²) in [6, 6.07) is 0. The largest absolute Gasteiger partial charge is 0.0902 e. The van der Waals surface area contributed by atoms with E-state index in [0.717, 1.165) is 0 Å². The highest BCUT2D eigenvalue weighted by molar-refractivity contribution is 4.92. The maximum Gasteiger partial charge on any atom is 0.0902 e. The Balaban J connectivity index is 2.35. The van der Waals surface area contributed by atoms with Crippen molar-refractivity contribution in [2.45, 2.75) is 46.5 Å². The Morgan fingerprint density at radius 3 is 1.89 bits per heavy atom. The van der Waals surface area contributed by atoms with Gasteiger partial charge in [0, 0.05) is 0 Å². The first-order valence-electron chi connectivity index (χ1n) is 3.91. The molecule has 0 unspecified atom stereocenters. The molecule has 0 aromatic carbocycles. The first-order chi connectivity index (χ1) is 4.10. The van der Waals surface area contributed by atoms with Gasteiger partial charge < -0.3 is 0 Å². The fraction of sp³-hybridized carbons (Fsp3) is 0.889. The van der Waals surface area contributed by atoms with Crippen molar-refractivity contribution in [1.29, 1.82) is 0 Å². The van der Waals surface area contributed by atoms with Crippen molar-refractivity contribution < 1.29 is 0 Å². The van der Waals surface area contributed by atoms with Crippen LogP contribution in [0.5, 0.6) is 0 Å². The van der Waals surface area contributed by atoms with Crippen LogP contribution in [-0.2, 0) is 0 Å². The minimum absolute atomic E-state index is 0.638. The standard InChI is InChI=1S/C9H17/c1-8-4-6-9(2,3)7-5-8/h4-7H2,1-3H3/q+1. The van der Waals surface area contributed by atoms with E-state index in [1.54, 1.807) is 5.92 Å². The normalized spacial score (nSPS) is 26.3. The maximum absolute atomic E-state index is 2.37. The Kier molecular flexibility index (Phi) is 1.74. The molecule has 0 aromatic rings. The predicted molar refractivity (Wildman–Crippen MR) is 41.2 cm³/mol. The smallest absolute Gasteiger partial charge is 0.0596 e. The zero-order chi connectivity index (χ0) is 6.91. The van der Waals surface area contributed by atoms with Gasteiger partial charge in [-0.3, -0.25) is 0 Å². The van der Waals surface area contributed by atoms with Crippen LogP contribution in [0.3, 0.4) is 0 Å². The summed E-state index contributed by atoms with van der Waals surface area (Å²) in [7, 11) is 0. The van der Waals surface area contributed by atoms with Gasteiger partial charge >= 0.3 is 0 Å². The molecule has 0 heteroatoms. The molecule has 1 fully saturated rings. The topological polar surface area (TPSA) is 0 Å². The van der Waals surface area contributed by atoms with Crippen LogP contribution in [-0.4, -0.2) is 0 Å². The Morgan fingerprint density at radius 1 is 1.11 bits per heavy atom. The fourth-order valence-corrected chi connectivity index (χ4v) is 1.35. The van der Waals surface area contributed by atoms with Crippen molar-refractivity contribution in [3.63, 3.8) is 0 Å². The maximum atomic E-state index is 2.37. The zero-order valence-electron chi connectivity index (χ0n) is 6.83. The molecule has 1 aliphatic rings. The van der Waals surface area contributed by atoms with Crippen LogP contribution in [0.2, 0.25) is 0 Å². The van der Waals surface area contributed by atoms with Gasteiger partial charge in [0.25, 0.3) is 0 Å². The Labute approximate surface area is 58.7 Å². The predicted octanol–water partition coefficient (Wildman–Crippen LogP) is 3.18. The van der Waals surface area contributed by atoms with Crippen LogP contribution in [0.4, 0.5) is 0 Å². The van der Waals surface area contributed by atoms with Crippen LogP contribution in [0.15, 0.2) is 0 Å². The van der Waals surface area contributed by atoms with E-state index in [-0.39, 0.29) is 0 Å². The molecule has 0 heterocycles. The van der Waals surface area contributed by atoms with Gasteiger partial charge in [0.2, 0.25) is 0 Å². The second-order valence-electron chi connectivity index (χ2n) is 4.12. The van der Waals surface area contributed by atoms with Crippen molar-refractivity contribution in [3.05, 3.63) is 5.92 Å². The van der Waals surface area contributed by atoms with Gasteiger partial charge in [-0.2, -0.15) is 0 Å². The van der Waals surface area contributed by atoms with E-state index in [4.69, 9.17) is 0 Å². The quantitative estimate of drug-likeness (QED) is 0.436. The Morgan fingerprint density at radius 2 is 1.56 bits per heavy atom. The van der Waals surface area contributed by atoms with Crippen molar-refractivity contribution in [2.75, 3.05) is 0 Å². The highest BCUT2D eigenvalue weighted by Crippen LogP contribution is 2.38. The van der Waals surface area contributed by atoms with Crippen LogP contribution in [0.25, 0.3) is 0 Å². The van der Waals surface area contributed by atoms with E-state index in [0.29, 0.717) is 5.41 Å². The molecule has 52 valence electrons. The zero-order valence-corrected chi connectivity index (χ0v) is 6.83. The third-order valence-corrected chi connectivity index (χ3v) is 2.46. The van der Waals surface area contributed by atoms with Gasteiger partial charge in [-0.25, -0.2) is 0 Å². The number of rotatable bonds is 0. The van der Waals surface area contributed by atoms with Gasteiger partial charge in [-0.15, -0.1) is 0 Å².